The molecular weight excluding hydrogens is 402 g/mol. The van der Waals surface area contributed by atoms with E-state index in [4.69, 9.17) is 4.99 Å². The number of benzene rings is 2. The Hall–Kier alpha value is -3.54. The van der Waals surface area contributed by atoms with E-state index in [-0.39, 0.29) is 5.78 Å². The fourth-order valence-electron chi connectivity index (χ4n) is 5.39. The molecule has 1 aliphatic carbocycles. The fourth-order valence-corrected chi connectivity index (χ4v) is 5.39. The summed E-state index contributed by atoms with van der Waals surface area (Å²) in [4.78, 5) is 44.7. The number of rotatable bonds is 1. The van der Waals surface area contributed by atoms with Gasteiger partial charge >= 0.3 is 5.69 Å². The zero-order valence-corrected chi connectivity index (χ0v) is 19.1. The van der Waals surface area contributed by atoms with Crippen LogP contribution >= 0.6 is 0 Å². The summed E-state index contributed by atoms with van der Waals surface area (Å²) in [6.07, 6.45) is 0. The van der Waals surface area contributed by atoms with E-state index in [1.807, 2.05) is 52.0 Å². The van der Waals surface area contributed by atoms with Gasteiger partial charge in [-0.1, -0.05) is 30.3 Å². The van der Waals surface area contributed by atoms with E-state index in [0.29, 0.717) is 22.7 Å². The number of fused-ring (bicyclic) bond motifs is 4. The lowest BCUT2D eigenvalue weighted by Gasteiger charge is -2.32. The van der Waals surface area contributed by atoms with E-state index >= 15 is 0 Å². The van der Waals surface area contributed by atoms with Crippen LogP contribution in [0, 0.1) is 33.6 Å². The number of hydrogen-bond acceptors (Lipinski definition) is 4. The largest absolute Gasteiger partial charge is 0.332 e. The van der Waals surface area contributed by atoms with E-state index in [1.165, 1.54) is 11.6 Å². The lowest BCUT2D eigenvalue weighted by Crippen LogP contribution is -2.43. The lowest BCUT2D eigenvalue weighted by molar-refractivity contribution is 0.0953. The van der Waals surface area contributed by atoms with Crippen molar-refractivity contribution in [3.05, 3.63) is 95.7 Å². The van der Waals surface area contributed by atoms with Crippen LogP contribution in [0.5, 0.6) is 0 Å². The Labute approximate surface area is 185 Å². The molecule has 1 aromatic heterocycles. The average Bonchev–Trinajstić information content (AvgIpc) is 3.06. The Morgan fingerprint density at radius 2 is 1.38 bits per heavy atom. The predicted molar refractivity (Wildman–Crippen MR) is 125 cm³/mol. The van der Waals surface area contributed by atoms with Crippen molar-refractivity contribution in [2.45, 2.75) is 33.6 Å². The quantitative estimate of drug-likeness (QED) is 0.598. The first kappa shape index (κ1) is 20.4. The molecule has 0 fully saturated rings. The van der Waals surface area contributed by atoms with Crippen LogP contribution in [0.25, 0.3) is 0 Å². The number of ketones is 1. The maximum atomic E-state index is 13.7. The van der Waals surface area contributed by atoms with Gasteiger partial charge in [-0.05, 0) is 55.5 Å². The number of aliphatic imine (C=N–C) groups is 1. The highest BCUT2D eigenvalue weighted by Crippen LogP contribution is 2.48. The normalized spacial score (nSPS) is 18.8. The van der Waals surface area contributed by atoms with Gasteiger partial charge in [-0.2, -0.15) is 0 Å². The molecule has 0 spiro atoms. The Kier molecular flexibility index (Phi) is 4.28. The highest BCUT2D eigenvalue weighted by atomic mass is 16.2. The molecule has 1 aliphatic heterocycles. The number of aryl methyl sites for hydroxylation is 2. The Morgan fingerprint density at radius 1 is 0.781 bits per heavy atom. The van der Waals surface area contributed by atoms with Crippen LogP contribution in [0.3, 0.4) is 0 Å². The van der Waals surface area contributed by atoms with Gasteiger partial charge in [-0.15, -0.1) is 0 Å². The van der Waals surface area contributed by atoms with Crippen LogP contribution in [0.15, 0.2) is 44.9 Å². The summed E-state index contributed by atoms with van der Waals surface area (Å²) >= 11 is 0. The van der Waals surface area contributed by atoms with E-state index < -0.39 is 23.1 Å². The minimum Gasteiger partial charge on any atom is -0.293 e. The maximum Gasteiger partial charge on any atom is 0.332 e. The second-order valence-electron chi connectivity index (χ2n) is 8.98. The van der Waals surface area contributed by atoms with Crippen molar-refractivity contribution in [1.29, 1.82) is 0 Å². The minimum atomic E-state index is -0.594. The topological polar surface area (TPSA) is 73.4 Å². The van der Waals surface area contributed by atoms with Crippen LogP contribution in [0.4, 0.5) is 5.82 Å². The van der Waals surface area contributed by atoms with Gasteiger partial charge in [0.1, 0.15) is 5.82 Å². The van der Waals surface area contributed by atoms with Gasteiger partial charge in [-0.3, -0.25) is 18.7 Å². The molecule has 2 heterocycles. The van der Waals surface area contributed by atoms with E-state index in [2.05, 4.69) is 6.07 Å². The molecule has 6 nitrogen and oxygen atoms in total. The molecule has 2 atom stereocenters. The molecule has 0 saturated heterocycles. The summed E-state index contributed by atoms with van der Waals surface area (Å²) in [7, 11) is 3.11. The van der Waals surface area contributed by atoms with Crippen molar-refractivity contribution in [3.63, 3.8) is 0 Å². The third-order valence-corrected chi connectivity index (χ3v) is 7.32. The lowest BCUT2D eigenvalue weighted by atomic mass is 9.72. The summed E-state index contributed by atoms with van der Waals surface area (Å²) in [5.41, 5.74) is 6.97. The number of hydrogen-bond donors (Lipinski definition) is 0. The van der Waals surface area contributed by atoms with Crippen molar-refractivity contribution in [2.75, 3.05) is 0 Å². The third kappa shape index (κ3) is 2.46. The van der Waals surface area contributed by atoms with Crippen molar-refractivity contribution in [3.8, 4) is 0 Å². The summed E-state index contributed by atoms with van der Waals surface area (Å²) < 4.78 is 2.54. The highest BCUT2D eigenvalue weighted by molar-refractivity contribution is 6.30. The predicted octanol–water partition coefficient (Wildman–Crippen LogP) is 3.40. The van der Waals surface area contributed by atoms with E-state index in [0.717, 1.165) is 37.9 Å². The Morgan fingerprint density at radius 3 is 2.00 bits per heavy atom. The van der Waals surface area contributed by atoms with Crippen molar-refractivity contribution in [1.82, 2.24) is 9.13 Å². The molecule has 0 unspecified atom stereocenters. The number of nitrogens with zero attached hydrogens (tertiary/aromatic N) is 3. The molecule has 3 aromatic rings. The van der Waals surface area contributed by atoms with E-state index in [1.54, 1.807) is 7.05 Å². The molecule has 162 valence electrons. The van der Waals surface area contributed by atoms with Crippen LogP contribution in [0.2, 0.25) is 0 Å². The van der Waals surface area contributed by atoms with Crippen LogP contribution in [-0.4, -0.2) is 20.6 Å². The zero-order chi connectivity index (χ0) is 23.1. The minimum absolute atomic E-state index is 0.0242. The zero-order valence-electron chi connectivity index (χ0n) is 19.1. The first-order valence-electron chi connectivity index (χ1n) is 10.7. The van der Waals surface area contributed by atoms with Gasteiger partial charge in [0.2, 0.25) is 0 Å². The molecule has 0 saturated carbocycles. The number of Topliss-reactive ketones (excluding diaryl/α,β-unsaturated/α-hetero) is 1. The standard InChI is InChI=1S/C26H25N3O3/c1-12-11-13(2)15(4)18(14(12)3)19-20-22(16-9-7-8-10-17(16)23(20)30)27-24-21(19)25(31)29(6)26(32)28(24)5/h7-11,19-20H,1-6H3/t19-,20-/m0/s1. The smallest absolute Gasteiger partial charge is 0.293 e. The van der Waals surface area contributed by atoms with Gasteiger partial charge in [0.15, 0.2) is 5.78 Å². The molecule has 5 rings (SSSR count). The number of carbonyl (C=O) groups is 1. The SMILES string of the molecule is Cc1cc(C)c(C)c([C@@H]2c3c(n(C)c(=O)n(C)c3=O)N=C3c4ccccc4C(=O)[C@H]32)c1C. The van der Waals surface area contributed by atoms with Crippen LogP contribution in [-0.2, 0) is 14.1 Å². The average molecular weight is 428 g/mol. The Balaban J connectivity index is 1.97. The first-order valence-corrected chi connectivity index (χ1v) is 10.7. The van der Waals surface area contributed by atoms with E-state index in [9.17, 15) is 14.4 Å². The summed E-state index contributed by atoms with van der Waals surface area (Å²) in [6, 6.07) is 9.58. The van der Waals surface area contributed by atoms with Gasteiger partial charge in [0, 0.05) is 31.1 Å². The van der Waals surface area contributed by atoms with Crippen molar-refractivity contribution >= 4 is 17.3 Å². The highest BCUT2D eigenvalue weighted by Gasteiger charge is 2.48. The van der Waals surface area contributed by atoms with Crippen molar-refractivity contribution < 1.29 is 4.79 Å². The summed E-state index contributed by atoms with van der Waals surface area (Å²) in [5.74, 6) is -0.786. The fraction of sp³-hybridized carbons (Fsp3) is 0.308. The number of carbonyl (C=O) groups excluding carboxylic acids is 1. The van der Waals surface area contributed by atoms with Gasteiger partial charge in [-0.25, -0.2) is 9.79 Å². The van der Waals surface area contributed by atoms with Gasteiger partial charge in [0.05, 0.1) is 17.2 Å². The molecule has 6 heteroatoms. The summed E-state index contributed by atoms with van der Waals surface area (Å²) in [6.45, 7) is 8.19. The number of aromatic nitrogens is 2. The van der Waals surface area contributed by atoms with Crippen LogP contribution < -0.4 is 11.2 Å². The Bertz CT molecular complexity index is 1480. The molecule has 2 aliphatic rings. The molecule has 0 bridgehead atoms. The molecule has 0 amide bonds. The van der Waals surface area contributed by atoms with Gasteiger partial charge in [0.25, 0.3) is 5.56 Å². The molecule has 32 heavy (non-hydrogen) atoms. The van der Waals surface area contributed by atoms with Crippen molar-refractivity contribution in [2.24, 2.45) is 25.0 Å². The first-order chi connectivity index (χ1) is 15.1. The third-order valence-electron chi connectivity index (χ3n) is 7.32. The second kappa shape index (κ2) is 6.73. The molecule has 2 aromatic carbocycles. The molecule has 0 radical (unpaired) electrons. The molecular formula is C26H25N3O3. The maximum absolute atomic E-state index is 13.7. The van der Waals surface area contributed by atoms with Gasteiger partial charge < -0.3 is 0 Å². The monoisotopic (exact) mass is 427 g/mol. The second-order valence-corrected chi connectivity index (χ2v) is 8.98. The summed E-state index contributed by atoms with van der Waals surface area (Å²) in [5, 5.41) is 0. The molecule has 0 N–H and O–H groups in total. The van der Waals surface area contributed by atoms with Crippen LogP contribution in [0.1, 0.15) is 55.2 Å².